The fourth-order valence-corrected chi connectivity index (χ4v) is 2.27. The second kappa shape index (κ2) is 11.8. The van der Waals surface area contributed by atoms with Gasteiger partial charge >= 0.3 is 11.9 Å². The van der Waals surface area contributed by atoms with Gasteiger partial charge in [0.05, 0.1) is 25.9 Å². The van der Waals surface area contributed by atoms with E-state index in [1.807, 2.05) is 12.1 Å². The van der Waals surface area contributed by atoms with Gasteiger partial charge in [-0.25, -0.2) is 9.59 Å². The third kappa shape index (κ3) is 10.1. The molecule has 1 atom stereocenters. The highest BCUT2D eigenvalue weighted by Crippen LogP contribution is 2.21. The standard InChI is InChI=1S/C12H15Cl2NO2.C4H4O4/c13-10-2-1-9(12(14)5-10)7-16-8-11-6-15-3-4-17-11;5-3(6)1-2-4(7)8/h1-2,5,11,15H,3-4,6-8H2;1-2H,(H,5,6)(H,7,8). The Morgan fingerprint density at radius 2 is 1.96 bits per heavy atom. The van der Waals surface area contributed by atoms with Gasteiger partial charge < -0.3 is 25.0 Å². The van der Waals surface area contributed by atoms with Crippen LogP contribution in [-0.2, 0) is 25.7 Å². The molecule has 7 nitrogen and oxygen atoms in total. The summed E-state index contributed by atoms with van der Waals surface area (Å²) in [5, 5.41) is 20.2. The molecular formula is C16H19Cl2NO6. The number of morpholine rings is 1. The summed E-state index contributed by atoms with van der Waals surface area (Å²) in [5.74, 6) is -2.51. The summed E-state index contributed by atoms with van der Waals surface area (Å²) in [6.07, 6.45) is 1.25. The summed E-state index contributed by atoms with van der Waals surface area (Å²) in [6.45, 7) is 3.56. The number of hydrogen-bond acceptors (Lipinski definition) is 5. The maximum Gasteiger partial charge on any atom is 0.328 e. The quantitative estimate of drug-likeness (QED) is 0.638. The van der Waals surface area contributed by atoms with Gasteiger partial charge in [-0.3, -0.25) is 0 Å². The summed E-state index contributed by atoms with van der Waals surface area (Å²) in [7, 11) is 0. The normalized spacial score (nSPS) is 17.0. The number of aliphatic carboxylic acids is 2. The Hall–Kier alpha value is -1.64. The number of nitrogens with one attached hydrogen (secondary N) is 1. The predicted molar refractivity (Wildman–Crippen MR) is 93.1 cm³/mol. The molecule has 1 aromatic rings. The molecule has 0 spiro atoms. The summed E-state index contributed by atoms with van der Waals surface area (Å²) in [5.41, 5.74) is 0.944. The van der Waals surface area contributed by atoms with Crippen molar-refractivity contribution in [1.29, 1.82) is 0 Å². The van der Waals surface area contributed by atoms with Crippen molar-refractivity contribution in [2.45, 2.75) is 12.7 Å². The largest absolute Gasteiger partial charge is 0.478 e. The first-order chi connectivity index (χ1) is 11.9. The molecule has 9 heteroatoms. The Balaban J connectivity index is 0.000000333. The van der Waals surface area contributed by atoms with Crippen LogP contribution < -0.4 is 5.32 Å². The summed E-state index contributed by atoms with van der Waals surface area (Å²) < 4.78 is 11.1. The smallest absolute Gasteiger partial charge is 0.328 e. The summed E-state index contributed by atoms with van der Waals surface area (Å²) in [4.78, 5) is 19.1. The topological polar surface area (TPSA) is 105 Å². The molecule has 1 fully saturated rings. The minimum absolute atomic E-state index is 0.134. The molecule has 0 amide bonds. The van der Waals surface area contributed by atoms with Crippen molar-refractivity contribution in [3.05, 3.63) is 46.0 Å². The Bertz CT molecular complexity index is 586. The van der Waals surface area contributed by atoms with Crippen LogP contribution in [0.25, 0.3) is 0 Å². The number of carboxylic acids is 2. The lowest BCUT2D eigenvalue weighted by Crippen LogP contribution is -2.40. The van der Waals surface area contributed by atoms with Crippen molar-refractivity contribution in [2.75, 3.05) is 26.3 Å². The van der Waals surface area contributed by atoms with E-state index in [9.17, 15) is 9.59 Å². The lowest BCUT2D eigenvalue weighted by Gasteiger charge is -2.23. The van der Waals surface area contributed by atoms with E-state index in [1.165, 1.54) is 0 Å². The van der Waals surface area contributed by atoms with Gasteiger partial charge in [0.15, 0.2) is 0 Å². The molecule has 1 aromatic carbocycles. The highest BCUT2D eigenvalue weighted by molar-refractivity contribution is 6.35. The molecule has 1 unspecified atom stereocenters. The number of hydrogen-bond donors (Lipinski definition) is 3. The summed E-state index contributed by atoms with van der Waals surface area (Å²) >= 11 is 11.9. The Kier molecular flexibility index (Phi) is 10.1. The van der Waals surface area contributed by atoms with Gasteiger partial charge in [-0.1, -0.05) is 29.3 Å². The average molecular weight is 392 g/mol. The van der Waals surface area contributed by atoms with Crippen LogP contribution in [0, 0.1) is 0 Å². The van der Waals surface area contributed by atoms with Gasteiger partial charge in [0.25, 0.3) is 0 Å². The van der Waals surface area contributed by atoms with E-state index >= 15 is 0 Å². The highest BCUT2D eigenvalue weighted by Gasteiger charge is 2.13. The maximum atomic E-state index is 9.55. The molecule has 0 saturated carbocycles. The Morgan fingerprint density at radius 3 is 2.48 bits per heavy atom. The number of carbonyl (C=O) groups is 2. The Morgan fingerprint density at radius 1 is 1.28 bits per heavy atom. The van der Waals surface area contributed by atoms with Crippen LogP contribution in [0.2, 0.25) is 10.0 Å². The molecule has 2 rings (SSSR count). The van der Waals surface area contributed by atoms with Gasteiger partial charge in [0.1, 0.15) is 0 Å². The van der Waals surface area contributed by atoms with Gasteiger partial charge in [-0.2, -0.15) is 0 Å². The van der Waals surface area contributed by atoms with Crippen LogP contribution in [0.5, 0.6) is 0 Å². The van der Waals surface area contributed by atoms with E-state index in [2.05, 4.69) is 5.32 Å². The van der Waals surface area contributed by atoms with Gasteiger partial charge in [-0.15, -0.1) is 0 Å². The zero-order valence-corrected chi connectivity index (χ0v) is 14.8. The second-order valence-corrected chi connectivity index (χ2v) is 5.80. The lowest BCUT2D eigenvalue weighted by molar-refractivity contribution is -0.134. The van der Waals surface area contributed by atoms with E-state index in [4.69, 9.17) is 42.9 Å². The molecule has 0 aromatic heterocycles. The van der Waals surface area contributed by atoms with Crippen molar-refractivity contribution in [1.82, 2.24) is 5.32 Å². The predicted octanol–water partition coefficient (Wildman–Crippen LogP) is 2.21. The second-order valence-electron chi connectivity index (χ2n) is 4.96. The monoisotopic (exact) mass is 391 g/mol. The first kappa shape index (κ1) is 21.4. The molecule has 0 radical (unpaired) electrons. The molecule has 0 bridgehead atoms. The van der Waals surface area contributed by atoms with E-state index in [1.54, 1.807) is 6.07 Å². The zero-order valence-electron chi connectivity index (χ0n) is 13.3. The van der Waals surface area contributed by atoms with Crippen molar-refractivity contribution >= 4 is 35.1 Å². The molecule has 25 heavy (non-hydrogen) atoms. The minimum Gasteiger partial charge on any atom is -0.478 e. The fourth-order valence-electron chi connectivity index (χ4n) is 1.81. The lowest BCUT2D eigenvalue weighted by atomic mass is 10.2. The van der Waals surface area contributed by atoms with E-state index in [-0.39, 0.29) is 6.10 Å². The SMILES string of the molecule is Clc1ccc(COCC2CNCCO2)c(Cl)c1.O=C(O)C=CC(=O)O. The molecule has 0 aliphatic carbocycles. The van der Waals surface area contributed by atoms with Crippen LogP contribution in [0.3, 0.4) is 0 Å². The molecular weight excluding hydrogens is 373 g/mol. The number of rotatable bonds is 6. The molecule has 3 N–H and O–H groups in total. The third-order valence-electron chi connectivity index (χ3n) is 2.95. The van der Waals surface area contributed by atoms with E-state index < -0.39 is 11.9 Å². The van der Waals surface area contributed by atoms with Crippen LogP contribution in [-0.4, -0.2) is 54.6 Å². The number of carboxylic acid groups (broad SMARTS) is 2. The van der Waals surface area contributed by atoms with Crippen LogP contribution in [0.4, 0.5) is 0 Å². The van der Waals surface area contributed by atoms with Crippen molar-refractivity contribution in [2.24, 2.45) is 0 Å². The zero-order chi connectivity index (χ0) is 18.7. The van der Waals surface area contributed by atoms with Crippen molar-refractivity contribution in [3.63, 3.8) is 0 Å². The van der Waals surface area contributed by atoms with Gasteiger partial charge in [0, 0.05) is 35.3 Å². The van der Waals surface area contributed by atoms with Crippen molar-refractivity contribution < 1.29 is 29.3 Å². The Labute approximate surface area is 155 Å². The average Bonchev–Trinajstić information content (AvgIpc) is 2.56. The number of halogens is 2. The van der Waals surface area contributed by atoms with E-state index in [0.717, 1.165) is 25.3 Å². The number of ether oxygens (including phenoxy) is 2. The first-order valence-corrected chi connectivity index (χ1v) is 8.12. The molecule has 1 saturated heterocycles. The molecule has 138 valence electrons. The molecule has 1 aliphatic rings. The summed E-state index contributed by atoms with van der Waals surface area (Å²) in [6, 6.07) is 5.41. The minimum atomic E-state index is -1.26. The fraction of sp³-hybridized carbons (Fsp3) is 0.375. The maximum absolute atomic E-state index is 9.55. The molecule has 1 heterocycles. The highest BCUT2D eigenvalue weighted by atomic mass is 35.5. The van der Waals surface area contributed by atoms with E-state index in [0.29, 0.717) is 35.4 Å². The molecule has 1 aliphatic heterocycles. The third-order valence-corrected chi connectivity index (χ3v) is 3.54. The van der Waals surface area contributed by atoms with Crippen molar-refractivity contribution in [3.8, 4) is 0 Å². The van der Waals surface area contributed by atoms with Gasteiger partial charge in [-0.05, 0) is 17.7 Å². The van der Waals surface area contributed by atoms with Crippen LogP contribution >= 0.6 is 23.2 Å². The first-order valence-electron chi connectivity index (χ1n) is 7.36. The number of benzene rings is 1. The van der Waals surface area contributed by atoms with Crippen LogP contribution in [0.15, 0.2) is 30.4 Å². The van der Waals surface area contributed by atoms with Gasteiger partial charge in [0.2, 0.25) is 0 Å². The van der Waals surface area contributed by atoms with Crippen LogP contribution in [0.1, 0.15) is 5.56 Å².